The van der Waals surface area contributed by atoms with E-state index >= 15 is 0 Å². The molecule has 0 bridgehead atoms. The number of rotatable bonds is 7. The van der Waals surface area contributed by atoms with E-state index in [0.29, 0.717) is 5.02 Å². The number of amides is 1. The molecule has 0 aliphatic carbocycles. The van der Waals surface area contributed by atoms with E-state index in [-0.39, 0.29) is 28.9 Å². The van der Waals surface area contributed by atoms with Gasteiger partial charge in [-0.2, -0.15) is 0 Å². The Kier molecular flexibility index (Phi) is 6.41. The second kappa shape index (κ2) is 9.16. The van der Waals surface area contributed by atoms with Gasteiger partial charge in [-0.3, -0.25) is 25.8 Å². The molecule has 1 amide bonds. The molecule has 28 heavy (non-hydrogen) atoms. The number of nitrogens with one attached hydrogen (secondary N) is 2. The van der Waals surface area contributed by atoms with Crippen LogP contribution in [-0.2, 0) is 11.2 Å². The van der Waals surface area contributed by atoms with Crippen LogP contribution < -0.4 is 10.9 Å². The first kappa shape index (κ1) is 19.6. The van der Waals surface area contributed by atoms with Gasteiger partial charge in [-0.1, -0.05) is 53.7 Å². The van der Waals surface area contributed by atoms with Crippen molar-refractivity contribution in [2.75, 3.05) is 5.43 Å². The molecule has 3 aromatic rings. The Hall–Kier alpha value is -3.17. The molecular weight excluding hydrogens is 402 g/mol. The van der Waals surface area contributed by atoms with Gasteiger partial charge in [-0.25, -0.2) is 9.97 Å². The van der Waals surface area contributed by atoms with E-state index in [9.17, 15) is 14.9 Å². The zero-order chi connectivity index (χ0) is 19.9. The highest BCUT2D eigenvalue weighted by Gasteiger charge is 2.24. The largest absolute Gasteiger partial charge is 0.345 e. The topological polar surface area (TPSA) is 110 Å². The van der Waals surface area contributed by atoms with Gasteiger partial charge in [0.2, 0.25) is 11.7 Å². The molecule has 0 saturated carbocycles. The lowest BCUT2D eigenvalue weighted by molar-refractivity contribution is -0.387. The van der Waals surface area contributed by atoms with Gasteiger partial charge < -0.3 is 0 Å². The molecule has 0 radical (unpaired) electrons. The number of aromatic nitrogens is 2. The summed E-state index contributed by atoms with van der Waals surface area (Å²) in [4.78, 5) is 31.6. The number of anilines is 1. The molecule has 0 saturated heterocycles. The first-order valence-electron chi connectivity index (χ1n) is 8.04. The molecule has 0 unspecified atom stereocenters. The number of nitrogens with zero attached hydrogens (tertiary/aromatic N) is 3. The highest BCUT2D eigenvalue weighted by molar-refractivity contribution is 7.99. The average molecular weight is 416 g/mol. The van der Waals surface area contributed by atoms with Crippen molar-refractivity contribution in [3.63, 3.8) is 0 Å². The number of hydrazine groups is 1. The quantitative estimate of drug-likeness (QED) is 0.342. The van der Waals surface area contributed by atoms with E-state index in [2.05, 4.69) is 20.8 Å². The summed E-state index contributed by atoms with van der Waals surface area (Å²) in [5.41, 5.74) is 5.44. The Balaban J connectivity index is 1.74. The molecule has 0 atom stereocenters. The number of carbonyl (C=O) groups is 1. The molecule has 10 heteroatoms. The number of benzene rings is 2. The molecular formula is C18H14ClN5O3S. The minimum atomic E-state index is -0.593. The molecule has 0 aliphatic heterocycles. The van der Waals surface area contributed by atoms with Crippen LogP contribution in [-0.4, -0.2) is 20.8 Å². The summed E-state index contributed by atoms with van der Waals surface area (Å²) < 4.78 is 0. The highest BCUT2D eigenvalue weighted by Crippen LogP contribution is 2.36. The Morgan fingerprint density at radius 3 is 2.50 bits per heavy atom. The van der Waals surface area contributed by atoms with Crippen LogP contribution in [0.5, 0.6) is 0 Å². The average Bonchev–Trinajstić information content (AvgIpc) is 2.69. The van der Waals surface area contributed by atoms with E-state index in [0.717, 1.165) is 22.2 Å². The first-order valence-corrected chi connectivity index (χ1v) is 9.24. The second-order valence-electron chi connectivity index (χ2n) is 5.52. The summed E-state index contributed by atoms with van der Waals surface area (Å²) in [7, 11) is 0. The van der Waals surface area contributed by atoms with Gasteiger partial charge in [0, 0.05) is 9.92 Å². The van der Waals surface area contributed by atoms with Crippen molar-refractivity contribution in [2.45, 2.75) is 16.3 Å². The van der Waals surface area contributed by atoms with Crippen LogP contribution in [0.3, 0.4) is 0 Å². The van der Waals surface area contributed by atoms with Crippen LogP contribution in [0.2, 0.25) is 5.02 Å². The van der Waals surface area contributed by atoms with Gasteiger partial charge in [-0.05, 0) is 29.8 Å². The van der Waals surface area contributed by atoms with Crippen molar-refractivity contribution in [1.29, 1.82) is 0 Å². The second-order valence-corrected chi connectivity index (χ2v) is 7.02. The molecule has 142 valence electrons. The summed E-state index contributed by atoms with van der Waals surface area (Å²) in [5, 5.41) is 12.3. The Bertz CT molecular complexity index is 986. The smallest absolute Gasteiger partial charge is 0.276 e. The lowest BCUT2D eigenvalue weighted by Gasteiger charge is -2.10. The molecule has 3 rings (SSSR count). The molecule has 0 fully saturated rings. The molecule has 2 aromatic carbocycles. The summed E-state index contributed by atoms with van der Waals surface area (Å²) in [5.74, 6) is -0.455. The van der Waals surface area contributed by atoms with Gasteiger partial charge in [0.25, 0.3) is 0 Å². The van der Waals surface area contributed by atoms with Crippen molar-refractivity contribution < 1.29 is 9.72 Å². The molecule has 0 spiro atoms. The number of nitro groups is 1. The van der Waals surface area contributed by atoms with Gasteiger partial charge in [0.05, 0.1) is 11.3 Å². The van der Waals surface area contributed by atoms with E-state index < -0.39 is 4.92 Å². The molecule has 0 aliphatic rings. The highest BCUT2D eigenvalue weighted by atomic mass is 35.5. The lowest BCUT2D eigenvalue weighted by atomic mass is 10.1. The van der Waals surface area contributed by atoms with Gasteiger partial charge in [-0.15, -0.1) is 0 Å². The van der Waals surface area contributed by atoms with E-state index in [1.165, 1.54) is 6.33 Å². The zero-order valence-electron chi connectivity index (χ0n) is 14.3. The van der Waals surface area contributed by atoms with Crippen LogP contribution in [0.15, 0.2) is 70.8 Å². The van der Waals surface area contributed by atoms with Crippen LogP contribution in [0.4, 0.5) is 11.5 Å². The summed E-state index contributed by atoms with van der Waals surface area (Å²) in [6, 6.07) is 15.9. The fourth-order valence-electron chi connectivity index (χ4n) is 2.26. The van der Waals surface area contributed by atoms with Crippen molar-refractivity contribution in [3.8, 4) is 0 Å². The predicted octanol–water partition coefficient (Wildman–Crippen LogP) is 3.88. The van der Waals surface area contributed by atoms with Gasteiger partial charge in [0.15, 0.2) is 5.03 Å². The van der Waals surface area contributed by atoms with E-state index in [1.807, 2.05) is 30.3 Å². The Morgan fingerprint density at radius 2 is 1.82 bits per heavy atom. The fourth-order valence-corrected chi connectivity index (χ4v) is 3.25. The number of hydrogen-bond donors (Lipinski definition) is 2. The monoisotopic (exact) mass is 415 g/mol. The lowest BCUT2D eigenvalue weighted by Crippen LogP contribution is -2.31. The minimum Gasteiger partial charge on any atom is -0.276 e. The Morgan fingerprint density at radius 1 is 1.11 bits per heavy atom. The third kappa shape index (κ3) is 5.18. The van der Waals surface area contributed by atoms with E-state index in [1.54, 1.807) is 24.3 Å². The van der Waals surface area contributed by atoms with Crippen molar-refractivity contribution in [2.24, 2.45) is 0 Å². The number of hydrogen-bond acceptors (Lipinski definition) is 7. The first-order chi connectivity index (χ1) is 13.5. The standard InChI is InChI=1S/C18H14ClN5O3S/c19-13-6-8-14(9-7-13)28-18-16(24(26)27)17(20-11-21-18)23-22-15(25)10-12-4-2-1-3-5-12/h1-9,11H,10H2,(H,22,25)(H,20,21,23). The van der Waals surface area contributed by atoms with Crippen LogP contribution in [0.1, 0.15) is 5.56 Å². The zero-order valence-corrected chi connectivity index (χ0v) is 15.9. The van der Waals surface area contributed by atoms with Crippen LogP contribution in [0, 0.1) is 10.1 Å². The van der Waals surface area contributed by atoms with Crippen molar-refractivity contribution in [3.05, 3.63) is 81.6 Å². The SMILES string of the molecule is O=C(Cc1ccccc1)NNc1ncnc(Sc2ccc(Cl)cc2)c1[N+](=O)[O-]. The number of carbonyl (C=O) groups excluding carboxylic acids is 1. The number of halogens is 1. The predicted molar refractivity (Wildman–Crippen MR) is 106 cm³/mol. The normalized spacial score (nSPS) is 10.3. The Labute approximate surface area is 169 Å². The third-order valence-corrected chi connectivity index (χ3v) is 4.78. The van der Waals surface area contributed by atoms with Crippen LogP contribution >= 0.6 is 23.4 Å². The van der Waals surface area contributed by atoms with Crippen LogP contribution in [0.25, 0.3) is 0 Å². The van der Waals surface area contributed by atoms with Crippen molar-refractivity contribution >= 4 is 40.8 Å². The molecule has 1 heterocycles. The van der Waals surface area contributed by atoms with Crippen molar-refractivity contribution in [1.82, 2.24) is 15.4 Å². The molecule has 1 aromatic heterocycles. The maximum atomic E-state index is 12.1. The minimum absolute atomic E-state index is 0.0992. The molecule has 8 nitrogen and oxygen atoms in total. The maximum absolute atomic E-state index is 12.1. The van der Waals surface area contributed by atoms with Gasteiger partial charge >= 0.3 is 5.69 Å². The summed E-state index contributed by atoms with van der Waals surface area (Å²) in [6.07, 6.45) is 1.32. The summed E-state index contributed by atoms with van der Waals surface area (Å²) >= 11 is 6.96. The third-order valence-electron chi connectivity index (χ3n) is 3.53. The van der Waals surface area contributed by atoms with Gasteiger partial charge in [0.1, 0.15) is 6.33 Å². The van der Waals surface area contributed by atoms with E-state index in [4.69, 9.17) is 11.6 Å². The summed E-state index contributed by atoms with van der Waals surface area (Å²) in [6.45, 7) is 0. The fraction of sp³-hybridized carbons (Fsp3) is 0.0556. The maximum Gasteiger partial charge on any atom is 0.345 e. The molecule has 2 N–H and O–H groups in total.